The van der Waals surface area contributed by atoms with Gasteiger partial charge in [0.05, 0.1) is 73.2 Å². The highest BCUT2D eigenvalue weighted by Crippen LogP contribution is 2.44. The van der Waals surface area contributed by atoms with E-state index in [2.05, 4.69) is 58.2 Å². The first-order valence-electron chi connectivity index (χ1n) is 33.9. The second-order valence-electron chi connectivity index (χ2n) is 25.8. The maximum Gasteiger partial charge on any atom is 0.416 e. The topological polar surface area (TPSA) is 207 Å². The van der Waals surface area contributed by atoms with Crippen molar-refractivity contribution in [2.45, 2.75) is 95.2 Å². The van der Waals surface area contributed by atoms with Gasteiger partial charge >= 0.3 is 17.6 Å². The maximum atomic E-state index is 14.7. The Bertz CT molecular complexity index is 4560. The summed E-state index contributed by atoms with van der Waals surface area (Å²) in [6.45, 7) is 12.9. The first-order valence-corrected chi connectivity index (χ1v) is 33.9. The van der Waals surface area contributed by atoms with Crippen LogP contribution in [0.3, 0.4) is 0 Å². The maximum absolute atomic E-state index is 14.7. The third-order valence-corrected chi connectivity index (χ3v) is 19.3. The molecule has 0 bridgehead atoms. The molecule has 0 spiro atoms. The molecule has 0 saturated carbocycles. The van der Waals surface area contributed by atoms with Gasteiger partial charge in [0.25, 0.3) is 0 Å². The van der Waals surface area contributed by atoms with Gasteiger partial charge in [0.1, 0.15) is 49.6 Å². The van der Waals surface area contributed by atoms with Crippen LogP contribution in [-0.2, 0) is 56.2 Å². The smallest absolute Gasteiger partial charge is 0.416 e. The number of ether oxygens (including phenoxy) is 6. The van der Waals surface area contributed by atoms with E-state index in [9.17, 15) is 28.0 Å². The van der Waals surface area contributed by atoms with E-state index in [-0.39, 0.29) is 74.6 Å². The SMILES string of the molecule is CCC(C)n1ncn(-c2ccc(N3CCN(c4ccc(OC[C@@H]5CO[C@@](Cn6cc(CCC(C)n7ncn(-c8ccc(N9CCN(c%10ccc(OC[C@@H]%11CO[C@@](Cn%12cccn%12)(c%12ccccc%12C#N)O%11)cc%10)CC9)cc8)c7=O)cn6)(c6ccccc6C(F)(F)F)O5)cc4)CC3)cc2)c1=O. The van der Waals surface area contributed by atoms with Gasteiger partial charge in [-0.3, -0.25) is 9.36 Å². The van der Waals surface area contributed by atoms with Crippen LogP contribution in [0.4, 0.5) is 35.9 Å². The molecule has 0 amide bonds. The van der Waals surface area contributed by atoms with Gasteiger partial charge < -0.3 is 48.0 Å². The van der Waals surface area contributed by atoms with E-state index >= 15 is 0 Å². The summed E-state index contributed by atoms with van der Waals surface area (Å²) in [6, 6.07) is 48.1. The number of aromatic nitrogens is 10. The van der Waals surface area contributed by atoms with E-state index in [1.165, 1.54) is 38.5 Å². The Hall–Kier alpha value is -10.5. The molecular weight excluding hydrogens is 1280 g/mol. The summed E-state index contributed by atoms with van der Waals surface area (Å²) in [5.74, 6) is -1.75. The van der Waals surface area contributed by atoms with Crippen LogP contribution in [0, 0.1) is 11.3 Å². The molecule has 4 aromatic heterocycles. The van der Waals surface area contributed by atoms with Crippen LogP contribution < -0.4 is 40.5 Å². The molecule has 26 heteroatoms. The predicted octanol–water partition coefficient (Wildman–Crippen LogP) is 10.2. The molecule has 0 N–H and O–H groups in total. The van der Waals surface area contributed by atoms with Crippen LogP contribution >= 0.6 is 0 Å². The fourth-order valence-corrected chi connectivity index (χ4v) is 13.6. The molecule has 6 aromatic carbocycles. The average Bonchev–Trinajstić information content (AvgIpc) is 1.35. The van der Waals surface area contributed by atoms with Crippen molar-refractivity contribution in [3.05, 3.63) is 238 Å². The first kappa shape index (κ1) is 66.8. The Morgan fingerprint density at radius 1 is 0.560 bits per heavy atom. The molecule has 10 aromatic rings. The van der Waals surface area contributed by atoms with Gasteiger partial charge in [0.15, 0.2) is 0 Å². The van der Waals surface area contributed by atoms with Gasteiger partial charge in [0, 0.05) is 105 Å². The van der Waals surface area contributed by atoms with Gasteiger partial charge in [-0.25, -0.2) is 28.1 Å². The van der Waals surface area contributed by atoms with Crippen LogP contribution in [0.25, 0.3) is 11.4 Å². The summed E-state index contributed by atoms with van der Waals surface area (Å²) >= 11 is 0. The van der Waals surface area contributed by atoms with E-state index in [0.717, 1.165) is 98.8 Å². The number of hydrogen-bond acceptors (Lipinski definition) is 17. The molecule has 23 nitrogen and oxygen atoms in total. The molecule has 100 heavy (non-hydrogen) atoms. The highest BCUT2D eigenvalue weighted by atomic mass is 19.4. The van der Waals surface area contributed by atoms with Crippen molar-refractivity contribution in [2.24, 2.45) is 0 Å². The molecule has 14 rings (SSSR count). The lowest BCUT2D eigenvalue weighted by Crippen LogP contribution is -2.46. The molecule has 4 saturated heterocycles. The molecule has 6 atom stereocenters. The average molecular weight is 1360 g/mol. The predicted molar refractivity (Wildman–Crippen MR) is 368 cm³/mol. The summed E-state index contributed by atoms with van der Waals surface area (Å²) < 4.78 is 91.7. The van der Waals surface area contributed by atoms with Gasteiger partial charge in [-0.1, -0.05) is 43.3 Å². The second kappa shape index (κ2) is 28.8. The molecule has 0 aliphatic carbocycles. The number of anilines is 4. The third kappa shape index (κ3) is 14.2. The molecule has 0 radical (unpaired) electrons. The number of halogens is 3. The molecule has 4 fully saturated rings. The number of piperazine rings is 2. The second-order valence-corrected chi connectivity index (χ2v) is 25.8. The number of nitriles is 1. The Labute approximate surface area is 575 Å². The van der Waals surface area contributed by atoms with Gasteiger partial charge in [-0.05, 0) is 154 Å². The third-order valence-electron chi connectivity index (χ3n) is 19.3. The highest BCUT2D eigenvalue weighted by Gasteiger charge is 2.50. The largest absolute Gasteiger partial charge is 0.491 e. The lowest BCUT2D eigenvalue weighted by Gasteiger charge is -2.37. The minimum atomic E-state index is -4.70. The number of hydrogen-bond donors (Lipinski definition) is 0. The molecule has 2 unspecified atom stereocenters. The molecule has 4 aliphatic rings. The Balaban J connectivity index is 0.541. The van der Waals surface area contributed by atoms with Crippen molar-refractivity contribution >= 4 is 22.7 Å². The zero-order chi connectivity index (χ0) is 69.0. The Kier molecular flexibility index (Phi) is 19.2. The summed E-state index contributed by atoms with van der Waals surface area (Å²) in [4.78, 5) is 36.2. The fraction of sp³-hybridized carbons (Fsp3) is 0.365. The summed E-state index contributed by atoms with van der Waals surface area (Å²) in [5.41, 5.74) is 6.15. The van der Waals surface area contributed by atoms with Gasteiger partial charge in [0.2, 0.25) is 11.6 Å². The van der Waals surface area contributed by atoms with E-state index < -0.39 is 29.4 Å². The van der Waals surface area contributed by atoms with Gasteiger partial charge in [-0.2, -0.15) is 38.8 Å². The molecule has 518 valence electrons. The fourth-order valence-electron chi connectivity index (χ4n) is 13.6. The number of benzene rings is 6. The normalized spacial score (nSPS) is 20.2. The number of aryl methyl sites for hydroxylation is 1. The van der Waals surface area contributed by atoms with E-state index in [1.54, 1.807) is 44.9 Å². The van der Waals surface area contributed by atoms with Crippen molar-refractivity contribution in [3.8, 4) is 28.9 Å². The van der Waals surface area contributed by atoms with Crippen LogP contribution in [0.2, 0.25) is 0 Å². The van der Waals surface area contributed by atoms with E-state index in [0.29, 0.717) is 41.2 Å². The highest BCUT2D eigenvalue weighted by molar-refractivity contribution is 5.57. The Morgan fingerprint density at radius 3 is 1.49 bits per heavy atom. The van der Waals surface area contributed by atoms with Gasteiger partial charge in [-0.15, -0.1) is 0 Å². The molecule has 8 heterocycles. The van der Waals surface area contributed by atoms with E-state index in [1.807, 2.05) is 136 Å². The van der Waals surface area contributed by atoms with Crippen molar-refractivity contribution < 1.29 is 41.6 Å². The first-order chi connectivity index (χ1) is 48.6. The molecule has 4 aliphatic heterocycles. The number of nitrogens with zero attached hydrogens (tertiary/aromatic N) is 15. The zero-order valence-corrected chi connectivity index (χ0v) is 55.8. The van der Waals surface area contributed by atoms with Crippen LogP contribution in [-0.4, -0.2) is 139 Å². The molecular formula is C74H78F3N15O8. The van der Waals surface area contributed by atoms with E-state index in [4.69, 9.17) is 28.4 Å². The van der Waals surface area contributed by atoms with Crippen LogP contribution in [0.5, 0.6) is 11.5 Å². The Morgan fingerprint density at radius 2 is 1.01 bits per heavy atom. The summed E-state index contributed by atoms with van der Waals surface area (Å²) in [6.07, 6.45) is 6.11. The number of rotatable bonds is 24. The van der Waals surface area contributed by atoms with Crippen molar-refractivity contribution in [2.75, 3.05) is 98.4 Å². The quantitative estimate of drug-likeness (QED) is 0.0551. The number of alkyl halides is 3. The summed E-state index contributed by atoms with van der Waals surface area (Å²) in [5, 5.41) is 27.6. The standard InChI is InChI=1S/C74H78F3N15O8/c1-4-53(2)91-70(93)89(51-81-91)61-20-16-57(17-21-61)83-34-38-86(39-35-83)60-26-30-64(31-27-60)96-46-66-48-98-73(100-66,68-12-7-8-13-69(68)74(75,76)77)50-88-44-55(43-80-88)15-14-54(3)92-71(94)90(52-82-92)62-22-18-58(19-23-62)84-36-40-85(41-37-84)59-24-28-63(29-25-59)95-45-65-47-97-72(99-65,49-87-33-9-32-79-87)67-11-6-5-10-56(67)42-78/h5-13,16-33,43-44,51-54,65-66H,4,14-15,34-41,45-50H2,1-3H3/t53?,54?,65-,66-,72-,73-/m1/s1. The van der Waals surface area contributed by atoms with Crippen molar-refractivity contribution in [3.63, 3.8) is 0 Å². The van der Waals surface area contributed by atoms with Crippen molar-refractivity contribution in [1.82, 2.24) is 48.3 Å². The van der Waals surface area contributed by atoms with Crippen LogP contribution in [0.1, 0.15) is 73.5 Å². The zero-order valence-electron chi connectivity index (χ0n) is 55.8. The van der Waals surface area contributed by atoms with Crippen LogP contribution in [0.15, 0.2) is 199 Å². The van der Waals surface area contributed by atoms with Crippen molar-refractivity contribution in [1.29, 1.82) is 5.26 Å². The minimum absolute atomic E-state index is 0.0169. The summed E-state index contributed by atoms with van der Waals surface area (Å²) in [7, 11) is 0. The lowest BCUT2D eigenvalue weighted by atomic mass is 9.98. The minimum Gasteiger partial charge on any atom is -0.491 e. The monoisotopic (exact) mass is 1360 g/mol. The lowest BCUT2D eigenvalue weighted by molar-refractivity contribution is -0.198.